The Kier molecular flexibility index (Phi) is 4.54. The van der Waals surface area contributed by atoms with Crippen LogP contribution < -0.4 is 5.32 Å². The molecule has 0 aromatic heterocycles. The fourth-order valence-electron chi connectivity index (χ4n) is 2.15. The Bertz CT molecular complexity index is 639. The van der Waals surface area contributed by atoms with Gasteiger partial charge in [0.25, 0.3) is 5.91 Å². The molecular weight excluding hydrogens is 329 g/mol. The highest BCUT2D eigenvalue weighted by Gasteiger charge is 2.26. The number of hydrogen-bond donors (Lipinski definition) is 1. The van der Waals surface area contributed by atoms with Gasteiger partial charge in [-0.15, -0.1) is 0 Å². The van der Waals surface area contributed by atoms with Crippen molar-refractivity contribution >= 4 is 52.1 Å². The van der Waals surface area contributed by atoms with Crippen LogP contribution in [0.25, 0.3) is 6.08 Å². The number of carbonyl (C=O) groups excluding carboxylic acids is 1. The van der Waals surface area contributed by atoms with Gasteiger partial charge < -0.3 is 10.2 Å². The lowest BCUT2D eigenvalue weighted by Gasteiger charge is -2.27. The number of benzene rings is 1. The Morgan fingerprint density at radius 3 is 2.76 bits per heavy atom. The molecule has 1 saturated heterocycles. The Morgan fingerprint density at radius 2 is 2.05 bits per heavy atom. The van der Waals surface area contributed by atoms with Crippen LogP contribution >= 0.6 is 35.0 Å². The quantitative estimate of drug-likeness (QED) is 0.797. The number of halogens is 2. The van der Waals surface area contributed by atoms with Crippen LogP contribution in [0.3, 0.4) is 0 Å². The summed E-state index contributed by atoms with van der Waals surface area (Å²) in [5, 5.41) is 5.15. The maximum absolute atomic E-state index is 12.0. The number of aliphatic imine (C=N–C) groups is 1. The summed E-state index contributed by atoms with van der Waals surface area (Å²) in [5.41, 5.74) is 0.772. The Balaban J connectivity index is 1.79. The molecule has 3 rings (SSSR count). The van der Waals surface area contributed by atoms with E-state index in [0.717, 1.165) is 36.9 Å². The normalized spacial score (nSPS) is 21.0. The number of hydrogen-bond acceptors (Lipinski definition) is 4. The molecule has 2 aliphatic heterocycles. The first kappa shape index (κ1) is 14.9. The monoisotopic (exact) mass is 341 g/mol. The number of nitrogens with one attached hydrogen (secondary N) is 1. The molecule has 1 aromatic rings. The van der Waals surface area contributed by atoms with Crippen LogP contribution in [0.2, 0.25) is 10.0 Å². The number of amidine groups is 1. The van der Waals surface area contributed by atoms with Crippen molar-refractivity contribution < 1.29 is 4.79 Å². The number of carbonyl (C=O) groups is 1. The maximum atomic E-state index is 12.0. The van der Waals surface area contributed by atoms with Gasteiger partial charge >= 0.3 is 0 Å². The number of nitrogens with zero attached hydrogens (tertiary/aromatic N) is 2. The number of piperazine rings is 1. The molecule has 4 nitrogen and oxygen atoms in total. The van der Waals surface area contributed by atoms with E-state index in [1.165, 1.54) is 11.8 Å². The van der Waals surface area contributed by atoms with Crippen LogP contribution in [0.4, 0.5) is 0 Å². The van der Waals surface area contributed by atoms with Gasteiger partial charge in [0.15, 0.2) is 5.17 Å². The molecule has 0 unspecified atom stereocenters. The van der Waals surface area contributed by atoms with Crippen LogP contribution in [0.5, 0.6) is 0 Å². The van der Waals surface area contributed by atoms with Crippen LogP contribution in [0.15, 0.2) is 28.1 Å². The number of amides is 1. The van der Waals surface area contributed by atoms with E-state index in [2.05, 4.69) is 15.2 Å². The lowest BCUT2D eigenvalue weighted by Crippen LogP contribution is -2.45. The third-order valence-electron chi connectivity index (χ3n) is 3.25. The summed E-state index contributed by atoms with van der Waals surface area (Å²) in [4.78, 5) is 18.9. The van der Waals surface area contributed by atoms with Crippen LogP contribution in [-0.4, -0.2) is 42.2 Å². The Hall–Kier alpha value is -1.01. The third-order valence-corrected chi connectivity index (χ3v) is 4.85. The lowest BCUT2D eigenvalue weighted by molar-refractivity contribution is -0.113. The zero-order valence-electron chi connectivity index (χ0n) is 11.1. The molecule has 1 aromatic carbocycles. The topological polar surface area (TPSA) is 44.7 Å². The van der Waals surface area contributed by atoms with Crippen molar-refractivity contribution in [1.29, 1.82) is 0 Å². The average Bonchev–Trinajstić information content (AvgIpc) is 2.84. The zero-order chi connectivity index (χ0) is 14.8. The van der Waals surface area contributed by atoms with Gasteiger partial charge in [-0.05, 0) is 35.5 Å². The van der Waals surface area contributed by atoms with E-state index in [4.69, 9.17) is 23.2 Å². The van der Waals surface area contributed by atoms with Crippen LogP contribution in [0, 0.1) is 0 Å². The second-order valence-corrected chi connectivity index (χ2v) is 6.57. The molecule has 0 radical (unpaired) electrons. The van der Waals surface area contributed by atoms with Gasteiger partial charge in [0.2, 0.25) is 0 Å². The summed E-state index contributed by atoms with van der Waals surface area (Å²) < 4.78 is 0. The molecule has 0 aliphatic carbocycles. The van der Waals surface area contributed by atoms with Crippen LogP contribution in [0.1, 0.15) is 5.56 Å². The fraction of sp³-hybridized carbons (Fsp3) is 0.286. The van der Waals surface area contributed by atoms with Gasteiger partial charge in [-0.25, -0.2) is 0 Å². The highest BCUT2D eigenvalue weighted by Crippen LogP contribution is 2.32. The van der Waals surface area contributed by atoms with Gasteiger partial charge in [-0.3, -0.25) is 4.79 Å². The highest BCUT2D eigenvalue weighted by atomic mass is 35.5. The van der Waals surface area contributed by atoms with Gasteiger partial charge in [0, 0.05) is 36.2 Å². The number of thioether (sulfide) groups is 1. The molecule has 21 heavy (non-hydrogen) atoms. The Labute approximate surface area is 137 Å². The minimum absolute atomic E-state index is 0.209. The standard InChI is InChI=1S/C14H13Cl2N3OS/c15-10-2-1-9(11(16)8-10)7-12-13(20)18-14(21-12)19-5-3-17-4-6-19/h1-2,7-8,17H,3-6H2/b12-7-. The first-order valence-corrected chi connectivity index (χ1v) is 8.14. The molecule has 1 N–H and O–H groups in total. The van der Waals surface area contributed by atoms with Crippen molar-refractivity contribution in [2.75, 3.05) is 26.2 Å². The van der Waals surface area contributed by atoms with E-state index in [1.807, 2.05) is 0 Å². The summed E-state index contributed by atoms with van der Waals surface area (Å²) in [6, 6.07) is 5.22. The molecule has 7 heteroatoms. The largest absolute Gasteiger partial charge is 0.348 e. The summed E-state index contributed by atoms with van der Waals surface area (Å²) >= 11 is 13.4. The second-order valence-electron chi connectivity index (χ2n) is 4.71. The van der Waals surface area contributed by atoms with Crippen molar-refractivity contribution in [3.8, 4) is 0 Å². The molecule has 2 heterocycles. The van der Waals surface area contributed by atoms with Crippen molar-refractivity contribution in [2.45, 2.75) is 0 Å². The van der Waals surface area contributed by atoms with Gasteiger partial charge in [0.1, 0.15) is 0 Å². The summed E-state index contributed by atoms with van der Waals surface area (Å²) in [7, 11) is 0. The smallest absolute Gasteiger partial charge is 0.286 e. The van der Waals surface area contributed by atoms with Gasteiger partial charge in [0.05, 0.1) is 4.91 Å². The molecule has 2 aliphatic rings. The molecular formula is C14H13Cl2N3OS. The second kappa shape index (κ2) is 6.40. The number of rotatable bonds is 1. The molecule has 1 fully saturated rings. The van der Waals surface area contributed by atoms with E-state index in [9.17, 15) is 4.79 Å². The summed E-state index contributed by atoms with van der Waals surface area (Å²) in [6.07, 6.45) is 1.77. The molecule has 1 amide bonds. The van der Waals surface area contributed by atoms with E-state index >= 15 is 0 Å². The van der Waals surface area contributed by atoms with Gasteiger partial charge in [-0.2, -0.15) is 4.99 Å². The minimum atomic E-state index is -0.209. The van der Waals surface area contributed by atoms with Gasteiger partial charge in [-0.1, -0.05) is 29.3 Å². The predicted octanol–water partition coefficient (Wildman–Crippen LogP) is 2.87. The zero-order valence-corrected chi connectivity index (χ0v) is 13.4. The van der Waals surface area contributed by atoms with Crippen molar-refractivity contribution in [1.82, 2.24) is 10.2 Å². The van der Waals surface area contributed by atoms with Crippen molar-refractivity contribution in [2.24, 2.45) is 4.99 Å². The minimum Gasteiger partial charge on any atom is -0.348 e. The molecule has 110 valence electrons. The molecule has 0 spiro atoms. The van der Waals surface area contributed by atoms with E-state index in [0.29, 0.717) is 15.0 Å². The van der Waals surface area contributed by atoms with E-state index in [1.54, 1.807) is 24.3 Å². The fourth-order valence-corrected chi connectivity index (χ4v) is 3.57. The lowest BCUT2D eigenvalue weighted by atomic mass is 10.2. The van der Waals surface area contributed by atoms with E-state index in [-0.39, 0.29) is 5.91 Å². The van der Waals surface area contributed by atoms with Crippen molar-refractivity contribution in [3.05, 3.63) is 38.7 Å². The SMILES string of the molecule is O=C1N=C(N2CCNCC2)S/C1=C\c1ccc(Cl)cc1Cl. The van der Waals surface area contributed by atoms with Crippen LogP contribution in [-0.2, 0) is 4.79 Å². The average molecular weight is 342 g/mol. The highest BCUT2D eigenvalue weighted by molar-refractivity contribution is 8.18. The summed E-state index contributed by atoms with van der Waals surface area (Å²) in [5.74, 6) is -0.209. The Morgan fingerprint density at radius 1 is 1.29 bits per heavy atom. The predicted molar refractivity (Wildman–Crippen MR) is 88.9 cm³/mol. The third kappa shape index (κ3) is 3.43. The van der Waals surface area contributed by atoms with E-state index < -0.39 is 0 Å². The maximum Gasteiger partial charge on any atom is 0.286 e. The summed E-state index contributed by atoms with van der Waals surface area (Å²) in [6.45, 7) is 3.56. The van der Waals surface area contributed by atoms with Crippen molar-refractivity contribution in [3.63, 3.8) is 0 Å². The molecule has 0 saturated carbocycles. The first-order valence-electron chi connectivity index (χ1n) is 6.57. The first-order chi connectivity index (χ1) is 10.1. The molecule has 0 atom stereocenters. The molecule has 0 bridgehead atoms.